The molecule has 9 nitrogen and oxygen atoms in total. The second-order valence-corrected chi connectivity index (χ2v) is 8.02. The van der Waals surface area contributed by atoms with Gasteiger partial charge in [0.15, 0.2) is 0 Å². The summed E-state index contributed by atoms with van der Waals surface area (Å²) in [5.41, 5.74) is 1.19. The van der Waals surface area contributed by atoms with Crippen molar-refractivity contribution in [2.24, 2.45) is 0 Å². The highest BCUT2D eigenvalue weighted by Crippen LogP contribution is 2.30. The minimum absolute atomic E-state index is 0.0774. The van der Waals surface area contributed by atoms with Gasteiger partial charge in [0.1, 0.15) is 5.60 Å². The second kappa shape index (κ2) is 8.22. The maximum atomic E-state index is 12.2. The summed E-state index contributed by atoms with van der Waals surface area (Å²) in [6.07, 6.45) is -0.319. The molecule has 0 saturated carbocycles. The average Bonchev–Trinajstić information content (AvgIpc) is 2.67. The molecule has 1 amide bonds. The van der Waals surface area contributed by atoms with Crippen molar-refractivity contribution in [3.05, 3.63) is 28.3 Å². The van der Waals surface area contributed by atoms with Crippen LogP contribution >= 0.6 is 0 Å². The quantitative estimate of drug-likeness (QED) is 0.577. The van der Waals surface area contributed by atoms with Gasteiger partial charge in [0.05, 0.1) is 18.1 Å². The van der Waals surface area contributed by atoms with Gasteiger partial charge in [0.2, 0.25) is 0 Å². The largest absolute Gasteiger partial charge is 0.444 e. The third-order valence-electron chi connectivity index (χ3n) is 4.77. The topological polar surface area (TPSA) is 88.4 Å². The lowest BCUT2D eigenvalue weighted by Gasteiger charge is -2.37. The lowest BCUT2D eigenvalue weighted by atomic mass is 10.2. The van der Waals surface area contributed by atoms with Crippen molar-refractivity contribution in [3.8, 4) is 0 Å². The number of piperazine rings is 1. The van der Waals surface area contributed by atoms with Crippen LogP contribution in [-0.4, -0.2) is 74.0 Å². The molecule has 0 spiro atoms. The summed E-state index contributed by atoms with van der Waals surface area (Å²) in [6, 6.07) is 5.21. The molecule has 0 aliphatic carbocycles. The molecule has 2 saturated heterocycles. The van der Waals surface area contributed by atoms with E-state index in [-0.39, 0.29) is 16.7 Å². The van der Waals surface area contributed by atoms with Crippen LogP contribution in [0.5, 0.6) is 0 Å². The molecule has 2 aliphatic rings. The Bertz CT molecular complexity index is 720. The molecule has 154 valence electrons. The number of rotatable bonds is 3. The third-order valence-corrected chi connectivity index (χ3v) is 4.77. The van der Waals surface area contributed by atoms with Crippen LogP contribution in [0.15, 0.2) is 18.2 Å². The first-order valence-electron chi connectivity index (χ1n) is 9.58. The highest BCUT2D eigenvalue weighted by molar-refractivity contribution is 5.69. The number of nitro benzene ring substituents is 1. The summed E-state index contributed by atoms with van der Waals surface area (Å²) in [4.78, 5) is 29.2. The molecule has 2 aliphatic heterocycles. The number of amides is 1. The van der Waals surface area contributed by atoms with E-state index in [9.17, 15) is 14.9 Å². The highest BCUT2D eigenvalue weighted by Gasteiger charge is 2.27. The zero-order chi connectivity index (χ0) is 20.3. The van der Waals surface area contributed by atoms with Gasteiger partial charge in [0, 0.05) is 62.8 Å². The average molecular weight is 392 g/mol. The monoisotopic (exact) mass is 392 g/mol. The van der Waals surface area contributed by atoms with Gasteiger partial charge in [0.25, 0.3) is 5.69 Å². The number of ether oxygens (including phenoxy) is 2. The molecular formula is C19H28N4O5. The summed E-state index contributed by atoms with van der Waals surface area (Å²) in [6.45, 7) is 10.4. The van der Waals surface area contributed by atoms with E-state index in [1.165, 1.54) is 0 Å². The maximum Gasteiger partial charge on any atom is 0.410 e. The zero-order valence-corrected chi connectivity index (χ0v) is 16.7. The normalized spacial score (nSPS) is 18.2. The molecule has 2 fully saturated rings. The zero-order valence-electron chi connectivity index (χ0n) is 16.7. The minimum Gasteiger partial charge on any atom is -0.444 e. The first-order valence-corrected chi connectivity index (χ1v) is 9.58. The summed E-state index contributed by atoms with van der Waals surface area (Å²) in [5.74, 6) is 0. The molecule has 3 rings (SSSR count). The lowest BCUT2D eigenvalue weighted by molar-refractivity contribution is -0.384. The van der Waals surface area contributed by atoms with E-state index in [0.717, 1.165) is 11.4 Å². The van der Waals surface area contributed by atoms with Crippen LogP contribution in [0.3, 0.4) is 0 Å². The van der Waals surface area contributed by atoms with Gasteiger partial charge >= 0.3 is 6.09 Å². The molecule has 9 heteroatoms. The Morgan fingerprint density at radius 3 is 2.04 bits per heavy atom. The lowest BCUT2D eigenvalue weighted by Crippen LogP contribution is -2.50. The molecular weight excluding hydrogens is 364 g/mol. The van der Waals surface area contributed by atoms with Crippen molar-refractivity contribution in [1.82, 2.24) is 4.90 Å². The van der Waals surface area contributed by atoms with Crippen LogP contribution in [0.4, 0.5) is 21.9 Å². The Hall–Kier alpha value is -2.55. The SMILES string of the molecule is CC(C)(C)OC(=O)N1CCN(c2cc(N3CCOCC3)cc([N+](=O)[O-])c2)CC1. The number of carbonyl (C=O) groups excluding carboxylic acids is 1. The van der Waals surface area contributed by atoms with E-state index >= 15 is 0 Å². The number of non-ortho nitro benzene ring substituents is 1. The number of hydrogen-bond acceptors (Lipinski definition) is 7. The van der Waals surface area contributed by atoms with Gasteiger partial charge in [-0.05, 0) is 26.8 Å². The summed E-state index contributed by atoms with van der Waals surface area (Å²) in [5, 5.41) is 11.4. The molecule has 1 aromatic rings. The van der Waals surface area contributed by atoms with Crippen molar-refractivity contribution in [2.75, 3.05) is 62.3 Å². The summed E-state index contributed by atoms with van der Waals surface area (Å²) in [7, 11) is 0. The van der Waals surface area contributed by atoms with E-state index in [0.29, 0.717) is 52.5 Å². The number of morpholine rings is 1. The van der Waals surface area contributed by atoms with Crippen LogP contribution in [0.1, 0.15) is 20.8 Å². The van der Waals surface area contributed by atoms with Crippen molar-refractivity contribution in [3.63, 3.8) is 0 Å². The van der Waals surface area contributed by atoms with Gasteiger partial charge in [-0.25, -0.2) is 4.79 Å². The number of hydrogen-bond donors (Lipinski definition) is 0. The summed E-state index contributed by atoms with van der Waals surface area (Å²) >= 11 is 0. The molecule has 0 unspecified atom stereocenters. The van der Waals surface area contributed by atoms with Crippen LogP contribution in [0.25, 0.3) is 0 Å². The van der Waals surface area contributed by atoms with Crippen molar-refractivity contribution >= 4 is 23.2 Å². The van der Waals surface area contributed by atoms with Gasteiger partial charge in [-0.2, -0.15) is 0 Å². The molecule has 0 aromatic heterocycles. The molecule has 28 heavy (non-hydrogen) atoms. The number of benzene rings is 1. The molecule has 1 aromatic carbocycles. The van der Waals surface area contributed by atoms with E-state index in [1.54, 1.807) is 17.0 Å². The van der Waals surface area contributed by atoms with E-state index in [4.69, 9.17) is 9.47 Å². The fraction of sp³-hybridized carbons (Fsp3) is 0.632. The van der Waals surface area contributed by atoms with Crippen molar-refractivity contribution in [1.29, 1.82) is 0 Å². The van der Waals surface area contributed by atoms with Crippen molar-refractivity contribution < 1.29 is 19.2 Å². The van der Waals surface area contributed by atoms with Crippen LogP contribution in [-0.2, 0) is 9.47 Å². The van der Waals surface area contributed by atoms with Crippen LogP contribution in [0.2, 0.25) is 0 Å². The maximum absolute atomic E-state index is 12.2. The smallest absolute Gasteiger partial charge is 0.410 e. The van der Waals surface area contributed by atoms with Crippen LogP contribution in [0, 0.1) is 10.1 Å². The Balaban J connectivity index is 1.72. The molecule has 0 atom stereocenters. The molecule has 0 radical (unpaired) electrons. The first-order chi connectivity index (χ1) is 13.2. The fourth-order valence-corrected chi connectivity index (χ4v) is 3.35. The van der Waals surface area contributed by atoms with E-state index < -0.39 is 5.60 Å². The predicted octanol–water partition coefficient (Wildman–Crippen LogP) is 2.49. The Morgan fingerprint density at radius 1 is 1.00 bits per heavy atom. The summed E-state index contributed by atoms with van der Waals surface area (Å²) < 4.78 is 10.8. The third kappa shape index (κ3) is 5.03. The Kier molecular flexibility index (Phi) is 5.93. The van der Waals surface area contributed by atoms with Gasteiger partial charge in [-0.15, -0.1) is 0 Å². The first kappa shape index (κ1) is 20.2. The fourth-order valence-electron chi connectivity index (χ4n) is 3.35. The standard InChI is InChI=1S/C19H28N4O5/c1-19(2,3)28-18(24)22-6-4-20(5-7-22)15-12-16(14-17(13-15)23(25)26)21-8-10-27-11-9-21/h12-14H,4-11H2,1-3H3. The molecule has 0 N–H and O–H groups in total. The van der Waals surface area contributed by atoms with Crippen LogP contribution < -0.4 is 9.80 Å². The van der Waals surface area contributed by atoms with E-state index in [2.05, 4.69) is 9.80 Å². The number of nitrogens with zero attached hydrogens (tertiary/aromatic N) is 4. The molecule has 2 heterocycles. The van der Waals surface area contributed by atoms with Crippen molar-refractivity contribution in [2.45, 2.75) is 26.4 Å². The van der Waals surface area contributed by atoms with E-state index in [1.807, 2.05) is 26.8 Å². The highest BCUT2D eigenvalue weighted by atomic mass is 16.6. The van der Waals surface area contributed by atoms with Gasteiger partial charge < -0.3 is 24.2 Å². The number of anilines is 2. The molecule has 0 bridgehead atoms. The predicted molar refractivity (Wildman–Crippen MR) is 106 cm³/mol. The minimum atomic E-state index is -0.526. The van der Waals surface area contributed by atoms with Gasteiger partial charge in [-0.3, -0.25) is 10.1 Å². The van der Waals surface area contributed by atoms with Gasteiger partial charge in [-0.1, -0.05) is 0 Å². The second-order valence-electron chi connectivity index (χ2n) is 8.02. The number of nitro groups is 1. The number of carbonyl (C=O) groups is 1. The Labute approximate surface area is 164 Å². The Morgan fingerprint density at radius 2 is 1.54 bits per heavy atom.